The van der Waals surface area contributed by atoms with Gasteiger partial charge in [-0.25, -0.2) is 4.79 Å². The number of hydrogen-bond donors (Lipinski definition) is 2. The molecular formula is C21H22Cl2N4O4S. The van der Waals surface area contributed by atoms with Crippen molar-refractivity contribution >= 4 is 52.9 Å². The maximum atomic E-state index is 12.2. The Morgan fingerprint density at radius 2 is 2.09 bits per heavy atom. The number of hydrogen-bond acceptors (Lipinski definition) is 7. The number of amides is 1. The maximum absolute atomic E-state index is 12.2. The van der Waals surface area contributed by atoms with Gasteiger partial charge in [-0.1, -0.05) is 41.0 Å². The van der Waals surface area contributed by atoms with E-state index in [1.807, 2.05) is 12.1 Å². The predicted molar refractivity (Wildman–Crippen MR) is 124 cm³/mol. The molecule has 1 aliphatic heterocycles. The minimum atomic E-state index is -1.05. The van der Waals surface area contributed by atoms with Gasteiger partial charge < -0.3 is 15.2 Å². The third-order valence-electron chi connectivity index (χ3n) is 4.55. The number of benzene rings is 1. The monoisotopic (exact) mass is 496 g/mol. The molecule has 0 radical (unpaired) electrons. The van der Waals surface area contributed by atoms with Crippen LogP contribution in [0.25, 0.3) is 6.08 Å². The van der Waals surface area contributed by atoms with Gasteiger partial charge in [0, 0.05) is 32.3 Å². The number of aromatic nitrogens is 2. The molecule has 0 saturated carbocycles. The summed E-state index contributed by atoms with van der Waals surface area (Å²) >= 11 is 13.3. The lowest BCUT2D eigenvalue weighted by molar-refractivity contribution is -0.131. The van der Waals surface area contributed by atoms with Crippen molar-refractivity contribution in [2.75, 3.05) is 32.0 Å². The number of rotatable bonds is 9. The number of halogens is 2. The second kappa shape index (κ2) is 12.2. The van der Waals surface area contributed by atoms with Crippen LogP contribution < -0.4 is 5.32 Å². The first-order chi connectivity index (χ1) is 15.4. The molecule has 1 atom stereocenters. The first-order valence-corrected chi connectivity index (χ1v) is 11.6. The SMILES string of the molecule is O=C(O)C=Cc1ccc(SCC(=O)NC[C@H]2CN(Cc3ccc(Cl)c(Cl)c3)CCO2)nn1. The number of thioether (sulfide) groups is 1. The van der Waals surface area contributed by atoms with Gasteiger partial charge in [-0.3, -0.25) is 9.69 Å². The van der Waals surface area contributed by atoms with Crippen molar-refractivity contribution in [3.8, 4) is 0 Å². The number of nitrogens with one attached hydrogen (secondary N) is 1. The van der Waals surface area contributed by atoms with Crippen molar-refractivity contribution in [2.24, 2.45) is 0 Å². The summed E-state index contributed by atoms with van der Waals surface area (Å²) in [5, 5.41) is 21.0. The van der Waals surface area contributed by atoms with Gasteiger partial charge >= 0.3 is 5.97 Å². The van der Waals surface area contributed by atoms with Gasteiger partial charge in [-0.15, -0.1) is 5.10 Å². The van der Waals surface area contributed by atoms with Crippen LogP contribution in [0.5, 0.6) is 0 Å². The second-order valence-corrected chi connectivity index (χ2v) is 8.85. The van der Waals surface area contributed by atoms with Crippen molar-refractivity contribution in [1.29, 1.82) is 0 Å². The van der Waals surface area contributed by atoms with E-state index in [1.165, 1.54) is 17.8 Å². The fourth-order valence-electron chi connectivity index (χ4n) is 3.01. The van der Waals surface area contributed by atoms with E-state index < -0.39 is 5.97 Å². The van der Waals surface area contributed by atoms with Crippen LogP contribution in [0.3, 0.4) is 0 Å². The van der Waals surface area contributed by atoms with E-state index in [0.717, 1.165) is 24.7 Å². The molecule has 1 aromatic carbocycles. The molecule has 1 amide bonds. The highest BCUT2D eigenvalue weighted by molar-refractivity contribution is 7.99. The average Bonchev–Trinajstić information content (AvgIpc) is 2.78. The van der Waals surface area contributed by atoms with Crippen LogP contribution in [0, 0.1) is 0 Å². The van der Waals surface area contributed by atoms with Crippen LogP contribution >= 0.6 is 35.0 Å². The molecule has 1 aromatic heterocycles. The smallest absolute Gasteiger partial charge is 0.328 e. The summed E-state index contributed by atoms with van der Waals surface area (Å²) in [5.41, 5.74) is 1.51. The van der Waals surface area contributed by atoms with Crippen LogP contribution in [0.4, 0.5) is 0 Å². The molecular weight excluding hydrogens is 475 g/mol. The number of aliphatic carboxylic acids is 1. The summed E-state index contributed by atoms with van der Waals surface area (Å²) in [7, 11) is 0. The second-order valence-electron chi connectivity index (χ2n) is 7.04. The molecule has 32 heavy (non-hydrogen) atoms. The van der Waals surface area contributed by atoms with E-state index in [4.69, 9.17) is 33.0 Å². The molecule has 1 fully saturated rings. The molecule has 0 unspecified atom stereocenters. The topological polar surface area (TPSA) is 105 Å². The van der Waals surface area contributed by atoms with E-state index in [2.05, 4.69) is 20.4 Å². The van der Waals surface area contributed by atoms with Crippen molar-refractivity contribution < 1.29 is 19.4 Å². The molecule has 170 valence electrons. The van der Waals surface area contributed by atoms with Crippen molar-refractivity contribution in [2.45, 2.75) is 17.7 Å². The minimum Gasteiger partial charge on any atom is -0.478 e. The lowest BCUT2D eigenvalue weighted by Gasteiger charge is -2.33. The van der Waals surface area contributed by atoms with Crippen LogP contribution in [0.15, 0.2) is 41.4 Å². The Hall–Kier alpha value is -2.17. The van der Waals surface area contributed by atoms with E-state index >= 15 is 0 Å². The van der Waals surface area contributed by atoms with Crippen molar-refractivity contribution in [1.82, 2.24) is 20.4 Å². The highest BCUT2D eigenvalue weighted by Gasteiger charge is 2.21. The van der Waals surface area contributed by atoms with Gasteiger partial charge in [-0.05, 0) is 35.9 Å². The number of ether oxygens (including phenoxy) is 1. The Kier molecular flexibility index (Phi) is 9.31. The minimum absolute atomic E-state index is 0.0967. The Balaban J connectivity index is 1.39. The zero-order chi connectivity index (χ0) is 22.9. The zero-order valence-electron chi connectivity index (χ0n) is 17.0. The lowest BCUT2D eigenvalue weighted by atomic mass is 10.2. The van der Waals surface area contributed by atoms with Crippen molar-refractivity contribution in [3.05, 3.63) is 57.7 Å². The van der Waals surface area contributed by atoms with Crippen LogP contribution in [0.2, 0.25) is 10.0 Å². The summed E-state index contributed by atoms with van der Waals surface area (Å²) in [6, 6.07) is 8.95. The normalized spacial score (nSPS) is 16.9. The van der Waals surface area contributed by atoms with E-state index in [-0.39, 0.29) is 17.8 Å². The predicted octanol–water partition coefficient (Wildman–Crippen LogP) is 2.99. The number of morpholine rings is 1. The summed E-state index contributed by atoms with van der Waals surface area (Å²) in [5.74, 6) is -0.989. The molecule has 2 aromatic rings. The molecule has 2 heterocycles. The third-order valence-corrected chi connectivity index (χ3v) is 6.21. The highest BCUT2D eigenvalue weighted by atomic mass is 35.5. The zero-order valence-corrected chi connectivity index (χ0v) is 19.4. The molecule has 0 aliphatic carbocycles. The standard InChI is InChI=1S/C21H22Cl2N4O4S/c22-17-4-1-14(9-18(17)23)11-27-7-8-31-16(12-27)10-24-19(28)13-32-20-5-2-15(25-26-20)3-6-21(29)30/h1-6,9,16H,7-8,10-13H2,(H,24,28)(H,29,30)/t16-/m0/s1. The third kappa shape index (κ3) is 8.07. The average molecular weight is 497 g/mol. The Morgan fingerprint density at radius 1 is 1.25 bits per heavy atom. The Bertz CT molecular complexity index is 975. The fraction of sp³-hybridized carbons (Fsp3) is 0.333. The van der Waals surface area contributed by atoms with Gasteiger partial charge in [0.2, 0.25) is 5.91 Å². The molecule has 0 spiro atoms. The van der Waals surface area contributed by atoms with Crippen LogP contribution in [-0.2, 0) is 20.9 Å². The van der Waals surface area contributed by atoms with E-state index in [1.54, 1.807) is 18.2 Å². The molecule has 1 aliphatic rings. The Morgan fingerprint density at radius 3 is 2.81 bits per heavy atom. The fourth-order valence-corrected chi connectivity index (χ4v) is 3.98. The summed E-state index contributed by atoms with van der Waals surface area (Å²) in [6.45, 7) is 3.24. The first-order valence-electron chi connectivity index (χ1n) is 9.81. The molecule has 8 nitrogen and oxygen atoms in total. The highest BCUT2D eigenvalue weighted by Crippen LogP contribution is 2.23. The maximum Gasteiger partial charge on any atom is 0.328 e. The number of carboxylic acids is 1. The first kappa shape index (κ1) is 24.5. The van der Waals surface area contributed by atoms with Crippen LogP contribution in [-0.4, -0.2) is 70.2 Å². The van der Waals surface area contributed by atoms with Crippen LogP contribution in [0.1, 0.15) is 11.3 Å². The largest absolute Gasteiger partial charge is 0.478 e. The lowest BCUT2D eigenvalue weighted by Crippen LogP contribution is -2.47. The van der Waals surface area contributed by atoms with Gasteiger partial charge in [0.1, 0.15) is 5.03 Å². The number of carbonyl (C=O) groups excluding carboxylic acids is 1. The molecule has 1 saturated heterocycles. The molecule has 3 rings (SSSR count). The van der Waals surface area contributed by atoms with Gasteiger partial charge in [0.15, 0.2) is 0 Å². The van der Waals surface area contributed by atoms with E-state index in [9.17, 15) is 9.59 Å². The summed E-state index contributed by atoms with van der Waals surface area (Å²) < 4.78 is 5.77. The Labute approximate surface area is 199 Å². The molecule has 2 N–H and O–H groups in total. The summed E-state index contributed by atoms with van der Waals surface area (Å²) in [6.07, 6.45) is 2.25. The van der Waals surface area contributed by atoms with Gasteiger partial charge in [0.05, 0.1) is 34.2 Å². The number of nitrogens with zero attached hydrogens (tertiary/aromatic N) is 3. The number of carboxylic acid groups (broad SMARTS) is 1. The van der Waals surface area contributed by atoms with E-state index in [0.29, 0.717) is 40.5 Å². The molecule has 11 heteroatoms. The molecule has 0 bridgehead atoms. The summed E-state index contributed by atoms with van der Waals surface area (Å²) in [4.78, 5) is 25.0. The van der Waals surface area contributed by atoms with Gasteiger partial charge in [-0.2, -0.15) is 5.10 Å². The van der Waals surface area contributed by atoms with Gasteiger partial charge in [0.25, 0.3) is 0 Å². The number of carbonyl (C=O) groups is 2. The van der Waals surface area contributed by atoms with Crippen molar-refractivity contribution in [3.63, 3.8) is 0 Å². The quantitative estimate of drug-likeness (QED) is 0.403.